The van der Waals surface area contributed by atoms with Gasteiger partial charge >= 0.3 is 11.9 Å². The molecule has 18 heavy (non-hydrogen) atoms. The highest BCUT2D eigenvalue weighted by Gasteiger charge is 2.61. The molecule has 1 heterocycles. The normalized spacial score (nSPS) is 41.8. The van der Waals surface area contributed by atoms with Crippen LogP contribution in [0.2, 0.25) is 0 Å². The molecule has 0 spiro atoms. The summed E-state index contributed by atoms with van der Waals surface area (Å²) < 4.78 is 10.7. The second-order valence-electron chi connectivity index (χ2n) is 5.67. The Kier molecular flexibility index (Phi) is 2.68. The Hall–Kier alpha value is -1.32. The number of cyclic esters (lactones) is 1. The minimum absolute atomic E-state index is 0.195. The lowest BCUT2D eigenvalue weighted by Crippen LogP contribution is -2.48. The first-order valence-electron chi connectivity index (χ1n) is 6.68. The number of carbonyl (C=O) groups excluding carboxylic acids is 2. The topological polar surface area (TPSA) is 52.6 Å². The van der Waals surface area contributed by atoms with Crippen LogP contribution in [-0.4, -0.2) is 24.1 Å². The molecule has 3 rings (SSSR count). The first-order valence-corrected chi connectivity index (χ1v) is 6.68. The van der Waals surface area contributed by atoms with E-state index in [0.717, 1.165) is 19.3 Å². The third kappa shape index (κ3) is 1.58. The van der Waals surface area contributed by atoms with Gasteiger partial charge in [0.1, 0.15) is 11.5 Å². The van der Waals surface area contributed by atoms with Crippen LogP contribution in [0.3, 0.4) is 0 Å². The summed E-state index contributed by atoms with van der Waals surface area (Å²) in [5.41, 5.74) is -0.609. The van der Waals surface area contributed by atoms with E-state index in [-0.39, 0.29) is 11.9 Å². The van der Waals surface area contributed by atoms with Gasteiger partial charge in [0.2, 0.25) is 0 Å². The van der Waals surface area contributed by atoms with E-state index in [4.69, 9.17) is 9.47 Å². The second kappa shape index (κ2) is 4.11. The van der Waals surface area contributed by atoms with E-state index < -0.39 is 11.6 Å². The van der Waals surface area contributed by atoms with Gasteiger partial charge in [0.25, 0.3) is 0 Å². The van der Waals surface area contributed by atoms with E-state index in [2.05, 4.69) is 6.58 Å². The summed E-state index contributed by atoms with van der Waals surface area (Å²) in [6.07, 6.45) is 6.00. The quantitative estimate of drug-likeness (QED) is 0.566. The van der Waals surface area contributed by atoms with Crippen molar-refractivity contribution >= 4 is 11.9 Å². The van der Waals surface area contributed by atoms with Crippen molar-refractivity contribution in [2.75, 3.05) is 6.61 Å². The predicted octanol–water partition coefficient (Wildman–Crippen LogP) is 1.84. The van der Waals surface area contributed by atoms with Crippen LogP contribution in [0.15, 0.2) is 12.7 Å². The van der Waals surface area contributed by atoms with E-state index in [1.165, 1.54) is 12.5 Å². The minimum Gasteiger partial charge on any atom is -0.465 e. The van der Waals surface area contributed by atoms with E-state index in [1.807, 2.05) is 0 Å². The van der Waals surface area contributed by atoms with E-state index >= 15 is 0 Å². The first-order chi connectivity index (χ1) is 8.65. The zero-order valence-corrected chi connectivity index (χ0v) is 10.4. The largest absolute Gasteiger partial charge is 0.465 e. The molecule has 0 amide bonds. The molecular weight excluding hydrogens is 232 g/mol. The molecule has 1 aliphatic heterocycles. The van der Waals surface area contributed by atoms with Crippen molar-refractivity contribution in [3.8, 4) is 0 Å². The standard InChI is InChI=1S/C14H18O4/c1-2-12(15)18-14(11-5-6-17-13(11)16)8-9-3-4-10(14)7-9/h2,9-11H,1,3-8H2. The van der Waals surface area contributed by atoms with Crippen molar-refractivity contribution in [1.82, 2.24) is 0 Å². The number of carbonyl (C=O) groups is 2. The Balaban J connectivity index is 1.90. The van der Waals surface area contributed by atoms with E-state index in [9.17, 15) is 9.59 Å². The van der Waals surface area contributed by atoms with Gasteiger partial charge in [-0.15, -0.1) is 0 Å². The van der Waals surface area contributed by atoms with Gasteiger partial charge in [-0.25, -0.2) is 4.79 Å². The fraction of sp³-hybridized carbons (Fsp3) is 0.714. The molecule has 0 aromatic heterocycles. The predicted molar refractivity (Wildman–Crippen MR) is 63.5 cm³/mol. The Bertz CT molecular complexity index is 403. The number of esters is 2. The molecule has 3 fully saturated rings. The van der Waals surface area contributed by atoms with Crippen LogP contribution >= 0.6 is 0 Å². The van der Waals surface area contributed by atoms with Gasteiger partial charge in [-0.3, -0.25) is 4.79 Å². The van der Waals surface area contributed by atoms with Crippen LogP contribution in [0.1, 0.15) is 32.1 Å². The second-order valence-corrected chi connectivity index (χ2v) is 5.67. The Morgan fingerprint density at radius 3 is 2.78 bits per heavy atom. The van der Waals surface area contributed by atoms with Crippen molar-refractivity contribution < 1.29 is 19.1 Å². The van der Waals surface area contributed by atoms with Gasteiger partial charge in [0, 0.05) is 6.08 Å². The lowest BCUT2D eigenvalue weighted by molar-refractivity contribution is -0.174. The average molecular weight is 250 g/mol. The molecule has 4 heteroatoms. The van der Waals surface area contributed by atoms with Crippen LogP contribution < -0.4 is 0 Å². The van der Waals surface area contributed by atoms with Gasteiger partial charge in [0.15, 0.2) is 0 Å². The average Bonchev–Trinajstić information content (AvgIpc) is 3.04. The van der Waals surface area contributed by atoms with Crippen LogP contribution in [0.5, 0.6) is 0 Å². The highest BCUT2D eigenvalue weighted by molar-refractivity contribution is 5.83. The summed E-state index contributed by atoms with van der Waals surface area (Å²) in [6, 6.07) is 0. The molecule has 4 nitrogen and oxygen atoms in total. The smallest absolute Gasteiger partial charge is 0.330 e. The van der Waals surface area contributed by atoms with Gasteiger partial charge < -0.3 is 9.47 Å². The van der Waals surface area contributed by atoms with E-state index in [1.54, 1.807) is 0 Å². The highest BCUT2D eigenvalue weighted by atomic mass is 16.6. The number of hydrogen-bond acceptors (Lipinski definition) is 4. The summed E-state index contributed by atoms with van der Waals surface area (Å²) in [5.74, 6) is 0.0430. The molecule has 4 atom stereocenters. The Morgan fingerprint density at radius 1 is 1.44 bits per heavy atom. The first kappa shape index (κ1) is 11.8. The maximum absolute atomic E-state index is 11.9. The third-order valence-corrected chi connectivity index (χ3v) is 4.82. The molecule has 0 aromatic carbocycles. The van der Waals surface area contributed by atoms with Gasteiger partial charge in [-0.05, 0) is 43.9 Å². The molecule has 0 aromatic rings. The van der Waals surface area contributed by atoms with Crippen molar-refractivity contribution in [2.24, 2.45) is 17.8 Å². The van der Waals surface area contributed by atoms with Gasteiger partial charge in [-0.1, -0.05) is 6.58 Å². The summed E-state index contributed by atoms with van der Waals surface area (Å²) >= 11 is 0. The molecule has 1 saturated heterocycles. The summed E-state index contributed by atoms with van der Waals surface area (Å²) in [6.45, 7) is 3.90. The Morgan fingerprint density at radius 2 is 2.28 bits per heavy atom. The zero-order chi connectivity index (χ0) is 12.8. The fourth-order valence-electron chi connectivity index (χ4n) is 4.11. The van der Waals surface area contributed by atoms with E-state index in [0.29, 0.717) is 24.9 Å². The maximum atomic E-state index is 11.9. The number of fused-ring (bicyclic) bond motifs is 2. The fourth-order valence-corrected chi connectivity index (χ4v) is 4.11. The number of ether oxygens (including phenoxy) is 2. The van der Waals surface area contributed by atoms with Gasteiger partial charge in [0.05, 0.1) is 6.61 Å². The minimum atomic E-state index is -0.609. The zero-order valence-electron chi connectivity index (χ0n) is 10.4. The molecular formula is C14H18O4. The number of hydrogen-bond donors (Lipinski definition) is 0. The summed E-state index contributed by atoms with van der Waals surface area (Å²) in [7, 11) is 0. The molecule has 0 N–H and O–H groups in total. The molecule has 2 aliphatic carbocycles. The monoisotopic (exact) mass is 250 g/mol. The lowest BCUT2D eigenvalue weighted by Gasteiger charge is -2.39. The maximum Gasteiger partial charge on any atom is 0.330 e. The van der Waals surface area contributed by atoms with Crippen LogP contribution in [0.25, 0.3) is 0 Å². The van der Waals surface area contributed by atoms with Crippen LogP contribution in [0.4, 0.5) is 0 Å². The van der Waals surface area contributed by atoms with Crippen molar-refractivity contribution in [1.29, 1.82) is 0 Å². The van der Waals surface area contributed by atoms with Crippen LogP contribution in [-0.2, 0) is 19.1 Å². The van der Waals surface area contributed by atoms with Gasteiger partial charge in [-0.2, -0.15) is 0 Å². The SMILES string of the molecule is C=CC(=O)OC1(C2CCOC2=O)CC2CCC1C2. The highest BCUT2D eigenvalue weighted by Crippen LogP contribution is 2.57. The third-order valence-electron chi connectivity index (χ3n) is 4.82. The molecule has 98 valence electrons. The lowest BCUT2D eigenvalue weighted by atomic mass is 9.74. The molecule has 2 bridgehead atoms. The van der Waals surface area contributed by atoms with Crippen molar-refractivity contribution in [3.63, 3.8) is 0 Å². The summed E-state index contributed by atoms with van der Waals surface area (Å²) in [4.78, 5) is 23.5. The van der Waals surface area contributed by atoms with Crippen LogP contribution in [0, 0.1) is 17.8 Å². The molecule has 4 unspecified atom stereocenters. The van der Waals surface area contributed by atoms with Crippen molar-refractivity contribution in [2.45, 2.75) is 37.7 Å². The summed E-state index contributed by atoms with van der Waals surface area (Å²) in [5, 5.41) is 0. The van der Waals surface area contributed by atoms with Crippen molar-refractivity contribution in [3.05, 3.63) is 12.7 Å². The molecule has 3 aliphatic rings. The Labute approximate surface area is 106 Å². The number of rotatable bonds is 3. The molecule has 0 radical (unpaired) electrons. The molecule has 2 saturated carbocycles.